The van der Waals surface area contributed by atoms with Gasteiger partial charge in [0.25, 0.3) is 0 Å². The van der Waals surface area contributed by atoms with Crippen LogP contribution in [0.3, 0.4) is 0 Å². The van der Waals surface area contributed by atoms with Crippen molar-refractivity contribution in [3.8, 4) is 11.5 Å². The second-order valence-electron chi connectivity index (χ2n) is 6.08. The van der Waals surface area contributed by atoms with Crippen LogP contribution < -0.4 is 9.05 Å². The molecule has 2 unspecified atom stereocenters. The first kappa shape index (κ1) is 23.6. The Morgan fingerprint density at radius 1 is 0.833 bits per heavy atom. The molecule has 164 valence electrons. The van der Waals surface area contributed by atoms with E-state index in [9.17, 15) is 31.3 Å². The van der Waals surface area contributed by atoms with Crippen LogP contribution in [0, 0.1) is 29.1 Å². The fourth-order valence-corrected chi connectivity index (χ4v) is 3.37. The molecule has 0 aliphatic carbocycles. The van der Waals surface area contributed by atoms with E-state index in [0.29, 0.717) is 0 Å². The van der Waals surface area contributed by atoms with Gasteiger partial charge < -0.3 is 13.8 Å². The Kier molecular flexibility index (Phi) is 7.44. The summed E-state index contributed by atoms with van der Waals surface area (Å²) in [5.74, 6) is -15.0. The first-order valence-corrected chi connectivity index (χ1v) is 9.86. The number of carbonyl (C=O) groups is 1. The quantitative estimate of drug-likeness (QED) is 0.177. The van der Waals surface area contributed by atoms with Crippen molar-refractivity contribution >= 4 is 13.8 Å². The maximum absolute atomic E-state index is 14.0. The normalized spacial score (nSPS) is 14.2. The molecule has 0 heterocycles. The number of hydrogen-bond acceptors (Lipinski definition) is 6. The van der Waals surface area contributed by atoms with E-state index in [4.69, 9.17) is 13.8 Å². The predicted octanol–water partition coefficient (Wildman–Crippen LogP) is 5.30. The minimum absolute atomic E-state index is 0.200. The Morgan fingerprint density at radius 3 is 1.83 bits per heavy atom. The molecule has 0 amide bonds. The minimum atomic E-state index is -5.16. The van der Waals surface area contributed by atoms with Gasteiger partial charge in [0.2, 0.25) is 34.8 Å². The van der Waals surface area contributed by atoms with Gasteiger partial charge in [0.05, 0.1) is 6.10 Å². The van der Waals surface area contributed by atoms with E-state index in [1.54, 1.807) is 6.07 Å². The number of benzene rings is 2. The smallest absolute Gasteiger partial charge is 0.461 e. The van der Waals surface area contributed by atoms with Crippen LogP contribution in [0.2, 0.25) is 0 Å². The van der Waals surface area contributed by atoms with Gasteiger partial charge in [-0.05, 0) is 32.9 Å². The van der Waals surface area contributed by atoms with Gasteiger partial charge in [0, 0.05) is 0 Å². The average Bonchev–Trinajstić information content (AvgIpc) is 2.68. The highest BCUT2D eigenvalue weighted by atomic mass is 31.2. The molecule has 6 nitrogen and oxygen atoms in total. The van der Waals surface area contributed by atoms with Crippen LogP contribution in [0.25, 0.3) is 0 Å². The van der Waals surface area contributed by atoms with E-state index in [1.807, 2.05) is 0 Å². The third kappa shape index (κ3) is 5.48. The van der Waals surface area contributed by atoms with E-state index in [0.717, 1.165) is 6.92 Å². The molecule has 2 atom stereocenters. The second kappa shape index (κ2) is 9.44. The van der Waals surface area contributed by atoms with Crippen LogP contribution in [0.15, 0.2) is 30.3 Å². The lowest BCUT2D eigenvalue weighted by molar-refractivity contribution is -0.155. The molecule has 0 fully saturated rings. The predicted molar refractivity (Wildman–Crippen MR) is 93.3 cm³/mol. The summed E-state index contributed by atoms with van der Waals surface area (Å²) >= 11 is 0. The third-order valence-corrected chi connectivity index (χ3v) is 4.72. The molecule has 2 rings (SSSR count). The Balaban J connectivity index is 2.45. The molecule has 2 aromatic carbocycles. The number of ether oxygens (including phenoxy) is 1. The fourth-order valence-electron chi connectivity index (χ4n) is 2.01. The zero-order valence-corrected chi connectivity index (χ0v) is 16.7. The van der Waals surface area contributed by atoms with Gasteiger partial charge in [0.15, 0.2) is 6.10 Å². The molecule has 0 saturated heterocycles. The number of halogens is 5. The number of phosphoric acid groups is 1. The first-order valence-electron chi connectivity index (χ1n) is 8.39. The van der Waals surface area contributed by atoms with E-state index in [-0.39, 0.29) is 5.75 Å². The van der Waals surface area contributed by atoms with Crippen molar-refractivity contribution in [2.24, 2.45) is 0 Å². The average molecular weight is 454 g/mol. The number of rotatable bonds is 8. The van der Waals surface area contributed by atoms with Crippen LogP contribution in [-0.2, 0) is 18.6 Å². The van der Waals surface area contributed by atoms with Gasteiger partial charge in [-0.3, -0.25) is 4.52 Å². The molecule has 0 bridgehead atoms. The van der Waals surface area contributed by atoms with Gasteiger partial charge in [-0.1, -0.05) is 18.2 Å². The summed E-state index contributed by atoms with van der Waals surface area (Å²) in [4.78, 5) is 11.9. The Bertz CT molecular complexity index is 940. The summed E-state index contributed by atoms with van der Waals surface area (Å²) < 4.78 is 100. The molecule has 0 spiro atoms. The molecule has 12 heteroatoms. The SMILES string of the molecule is CC(C)OC(=O)C(C)OP(=O)(Oc1ccccc1)Oc1c(F)c(F)c(F)c(F)c1F. The van der Waals surface area contributed by atoms with Crippen molar-refractivity contribution in [2.75, 3.05) is 0 Å². The van der Waals surface area contributed by atoms with Gasteiger partial charge in [-0.15, -0.1) is 0 Å². The maximum Gasteiger partial charge on any atom is 0.588 e. The van der Waals surface area contributed by atoms with Crippen molar-refractivity contribution in [1.82, 2.24) is 0 Å². The fraction of sp³-hybridized carbons (Fsp3) is 0.278. The molecular formula is C18H16F5O6P. The van der Waals surface area contributed by atoms with Crippen molar-refractivity contribution < 1.29 is 49.6 Å². The molecule has 0 aromatic heterocycles. The van der Waals surface area contributed by atoms with Crippen molar-refractivity contribution in [2.45, 2.75) is 33.0 Å². The Hall–Kier alpha value is -2.65. The van der Waals surface area contributed by atoms with E-state index in [1.165, 1.54) is 38.1 Å². The highest BCUT2D eigenvalue weighted by molar-refractivity contribution is 7.49. The Labute approximate surface area is 168 Å². The molecule has 0 N–H and O–H groups in total. The number of carbonyl (C=O) groups excluding carboxylic acids is 1. The third-order valence-electron chi connectivity index (χ3n) is 3.30. The largest absolute Gasteiger partial charge is 0.588 e. The number of esters is 1. The summed E-state index contributed by atoms with van der Waals surface area (Å²) in [7, 11) is -5.16. The molecule has 0 aliphatic heterocycles. The lowest BCUT2D eigenvalue weighted by Gasteiger charge is -2.22. The zero-order chi connectivity index (χ0) is 22.6. The molecule has 30 heavy (non-hydrogen) atoms. The van der Waals surface area contributed by atoms with Crippen LogP contribution in [-0.4, -0.2) is 18.2 Å². The number of phosphoric ester groups is 1. The molecule has 0 saturated carbocycles. The second-order valence-corrected chi connectivity index (χ2v) is 7.55. The van der Waals surface area contributed by atoms with Crippen LogP contribution in [0.4, 0.5) is 22.0 Å². The van der Waals surface area contributed by atoms with Crippen molar-refractivity contribution in [3.05, 3.63) is 59.4 Å². The summed E-state index contributed by atoms with van der Waals surface area (Å²) in [5.41, 5.74) is 0. The molecule has 0 radical (unpaired) electrons. The summed E-state index contributed by atoms with van der Waals surface area (Å²) in [6.45, 7) is 4.08. The van der Waals surface area contributed by atoms with E-state index >= 15 is 0 Å². The standard InChI is InChI=1S/C18H16F5O6P/c1-9(2)26-18(24)10(3)27-30(25,28-11-7-5-4-6-8-11)29-17-15(22)13(20)12(19)14(21)16(17)23/h4-10H,1-3H3. The van der Waals surface area contributed by atoms with Crippen LogP contribution in [0.5, 0.6) is 11.5 Å². The Morgan fingerprint density at radius 2 is 1.33 bits per heavy atom. The lowest BCUT2D eigenvalue weighted by Crippen LogP contribution is -2.26. The van der Waals surface area contributed by atoms with Crippen molar-refractivity contribution in [1.29, 1.82) is 0 Å². The first-order chi connectivity index (χ1) is 13.9. The van der Waals surface area contributed by atoms with Gasteiger partial charge in [-0.2, -0.15) is 8.78 Å². The summed E-state index contributed by atoms with van der Waals surface area (Å²) in [6, 6.07) is 6.89. The minimum Gasteiger partial charge on any atom is -0.461 e. The molecule has 2 aromatic rings. The maximum atomic E-state index is 14.0. The van der Waals surface area contributed by atoms with Gasteiger partial charge in [0.1, 0.15) is 5.75 Å². The van der Waals surface area contributed by atoms with E-state index < -0.39 is 60.8 Å². The molecule has 0 aliphatic rings. The highest BCUT2D eigenvalue weighted by Gasteiger charge is 2.40. The van der Waals surface area contributed by atoms with E-state index in [2.05, 4.69) is 4.52 Å². The number of hydrogen-bond donors (Lipinski definition) is 0. The molecular weight excluding hydrogens is 438 g/mol. The highest BCUT2D eigenvalue weighted by Crippen LogP contribution is 2.52. The monoisotopic (exact) mass is 454 g/mol. The lowest BCUT2D eigenvalue weighted by atomic mass is 10.3. The van der Waals surface area contributed by atoms with Crippen molar-refractivity contribution in [3.63, 3.8) is 0 Å². The van der Waals surface area contributed by atoms with Crippen LogP contribution >= 0.6 is 7.82 Å². The van der Waals surface area contributed by atoms with Gasteiger partial charge in [-0.25, -0.2) is 22.5 Å². The van der Waals surface area contributed by atoms with Gasteiger partial charge >= 0.3 is 13.8 Å². The zero-order valence-electron chi connectivity index (χ0n) is 15.8. The summed E-state index contributed by atoms with van der Waals surface area (Å²) in [6.07, 6.45) is -2.24. The number of para-hydroxylation sites is 1. The topological polar surface area (TPSA) is 71.1 Å². The van der Waals surface area contributed by atoms with Crippen LogP contribution in [0.1, 0.15) is 20.8 Å². The summed E-state index contributed by atoms with van der Waals surface area (Å²) in [5, 5.41) is 0.